The number of benzene rings is 1. The summed E-state index contributed by atoms with van der Waals surface area (Å²) in [5.41, 5.74) is -2.51. The van der Waals surface area contributed by atoms with Gasteiger partial charge >= 0.3 is 11.5 Å². The number of nitrogens with zero attached hydrogens (tertiary/aromatic N) is 2. The summed E-state index contributed by atoms with van der Waals surface area (Å²) in [6.07, 6.45) is 3.25. The van der Waals surface area contributed by atoms with Crippen molar-refractivity contribution in [2.45, 2.75) is 58.0 Å². The number of ether oxygens (including phenoxy) is 1. The van der Waals surface area contributed by atoms with Gasteiger partial charge in [-0.1, -0.05) is 44.0 Å². The molecule has 2 atom stereocenters. The molecule has 0 saturated heterocycles. The van der Waals surface area contributed by atoms with Gasteiger partial charge in [0.1, 0.15) is 11.3 Å². The van der Waals surface area contributed by atoms with E-state index in [0.717, 1.165) is 19.8 Å². The van der Waals surface area contributed by atoms with Crippen LogP contribution in [0.1, 0.15) is 46.5 Å². The Morgan fingerprint density at radius 2 is 1.85 bits per heavy atom. The monoisotopic (exact) mass is 364 g/mol. The van der Waals surface area contributed by atoms with Crippen molar-refractivity contribution in [3.8, 4) is 5.75 Å². The second-order valence-corrected chi connectivity index (χ2v) is 6.11. The molecule has 0 saturated carbocycles. The van der Waals surface area contributed by atoms with Crippen LogP contribution in [0.15, 0.2) is 42.0 Å². The molecule has 0 aliphatic rings. The predicted octanol–water partition coefficient (Wildman–Crippen LogP) is 3.80. The Kier molecular flexibility index (Phi) is 7.89. The minimum atomic E-state index is -2.18. The van der Waals surface area contributed by atoms with Crippen molar-refractivity contribution in [1.29, 1.82) is 0 Å². The molecule has 0 N–H and O–H groups in total. The van der Waals surface area contributed by atoms with Gasteiger partial charge in [-0.15, -0.1) is 0 Å². The zero-order chi connectivity index (χ0) is 19.7. The summed E-state index contributed by atoms with van der Waals surface area (Å²) in [5.74, 6) is -0.744. The van der Waals surface area contributed by atoms with Gasteiger partial charge in [-0.3, -0.25) is 20.2 Å². The van der Waals surface area contributed by atoms with E-state index in [2.05, 4.69) is 0 Å². The van der Waals surface area contributed by atoms with Gasteiger partial charge in [-0.2, -0.15) is 0 Å². The minimum Gasteiger partial charge on any atom is -0.423 e. The molecule has 0 amide bonds. The van der Waals surface area contributed by atoms with Crippen molar-refractivity contribution < 1.29 is 19.4 Å². The fourth-order valence-electron chi connectivity index (χ4n) is 2.85. The molecule has 0 spiro atoms. The Balaban J connectivity index is 3.21. The number of allylic oxidation sites excluding steroid dienone is 1. The molecule has 1 rings (SSSR count). The Morgan fingerprint density at radius 3 is 2.31 bits per heavy atom. The standard InChI is InChI=1S/C18H24N2O6/c1-4-6-8-13-16(19(22)23)18(3,20(24)25)15(5-2)17(21)26-14-11-9-7-10-12-14/h5,7,9-12,16H,4,6,8,13H2,1-3H3/b15-5-. The third-order valence-electron chi connectivity index (χ3n) is 4.37. The topological polar surface area (TPSA) is 113 Å². The van der Waals surface area contributed by atoms with Gasteiger partial charge in [0, 0.05) is 23.2 Å². The first-order valence-corrected chi connectivity index (χ1v) is 8.51. The van der Waals surface area contributed by atoms with E-state index in [-0.39, 0.29) is 17.7 Å². The Bertz CT molecular complexity index is 674. The minimum absolute atomic E-state index is 0.00821. The number of hydrogen-bond donors (Lipinski definition) is 0. The van der Waals surface area contributed by atoms with Gasteiger partial charge in [0.15, 0.2) is 0 Å². The maximum absolute atomic E-state index is 12.5. The fourth-order valence-corrected chi connectivity index (χ4v) is 2.85. The largest absolute Gasteiger partial charge is 0.423 e. The van der Waals surface area contributed by atoms with Crippen molar-refractivity contribution >= 4 is 5.97 Å². The summed E-state index contributed by atoms with van der Waals surface area (Å²) in [4.78, 5) is 34.5. The SMILES string of the molecule is C/C=C(/C(=O)Oc1ccccc1)C(C)(C(CCCCC)[N+](=O)[O-])[N+](=O)[O-]. The first-order valence-electron chi connectivity index (χ1n) is 8.51. The lowest BCUT2D eigenvalue weighted by Crippen LogP contribution is -2.54. The average Bonchev–Trinajstić information content (AvgIpc) is 2.59. The highest BCUT2D eigenvalue weighted by Crippen LogP contribution is 2.31. The number of carbonyl (C=O) groups is 1. The molecular formula is C18H24N2O6. The lowest BCUT2D eigenvalue weighted by Gasteiger charge is -2.25. The van der Waals surface area contributed by atoms with Crippen LogP contribution in [0.2, 0.25) is 0 Å². The van der Waals surface area contributed by atoms with Crippen molar-refractivity contribution in [2.75, 3.05) is 0 Å². The zero-order valence-electron chi connectivity index (χ0n) is 15.2. The molecule has 0 aromatic heterocycles. The van der Waals surface area contributed by atoms with Gasteiger partial charge < -0.3 is 4.74 Å². The molecule has 0 bridgehead atoms. The van der Waals surface area contributed by atoms with Crippen LogP contribution in [0.4, 0.5) is 0 Å². The smallest absolute Gasteiger partial charge is 0.346 e. The van der Waals surface area contributed by atoms with E-state index in [1.54, 1.807) is 18.2 Å². The summed E-state index contributed by atoms with van der Waals surface area (Å²) in [6.45, 7) is 4.49. The molecule has 26 heavy (non-hydrogen) atoms. The van der Waals surface area contributed by atoms with E-state index in [4.69, 9.17) is 4.74 Å². The molecule has 0 fully saturated rings. The van der Waals surface area contributed by atoms with Gasteiger partial charge in [0.05, 0.1) is 0 Å². The molecule has 8 heteroatoms. The molecule has 8 nitrogen and oxygen atoms in total. The summed E-state index contributed by atoms with van der Waals surface area (Å²) in [7, 11) is 0. The molecule has 0 aliphatic carbocycles. The molecule has 142 valence electrons. The van der Waals surface area contributed by atoms with Crippen molar-refractivity contribution in [3.05, 3.63) is 62.2 Å². The second kappa shape index (κ2) is 9.65. The molecule has 0 radical (unpaired) electrons. The van der Waals surface area contributed by atoms with E-state index < -0.39 is 27.4 Å². The van der Waals surface area contributed by atoms with Crippen LogP contribution in [-0.4, -0.2) is 27.4 Å². The summed E-state index contributed by atoms with van der Waals surface area (Å²) in [6, 6.07) is 6.55. The molecule has 2 unspecified atom stereocenters. The normalized spacial score (nSPS) is 15.0. The third-order valence-corrected chi connectivity index (χ3v) is 4.37. The highest BCUT2D eigenvalue weighted by molar-refractivity contribution is 5.92. The maximum atomic E-state index is 12.5. The Labute approximate surface area is 152 Å². The second-order valence-electron chi connectivity index (χ2n) is 6.11. The highest BCUT2D eigenvalue weighted by Gasteiger charge is 2.58. The number of esters is 1. The number of carbonyl (C=O) groups excluding carboxylic acids is 1. The molecule has 0 aliphatic heterocycles. The fraction of sp³-hybridized carbons (Fsp3) is 0.500. The van der Waals surface area contributed by atoms with Gasteiger partial charge in [-0.05, 0) is 25.5 Å². The van der Waals surface area contributed by atoms with E-state index in [9.17, 15) is 25.0 Å². The average molecular weight is 364 g/mol. The quantitative estimate of drug-likeness (QED) is 0.156. The van der Waals surface area contributed by atoms with Crippen LogP contribution in [0.3, 0.4) is 0 Å². The van der Waals surface area contributed by atoms with Crippen LogP contribution in [0.25, 0.3) is 0 Å². The van der Waals surface area contributed by atoms with E-state index >= 15 is 0 Å². The van der Waals surface area contributed by atoms with Crippen molar-refractivity contribution in [1.82, 2.24) is 0 Å². The lowest BCUT2D eigenvalue weighted by atomic mass is 9.82. The zero-order valence-corrected chi connectivity index (χ0v) is 15.2. The van der Waals surface area contributed by atoms with Gasteiger partial charge in [-0.25, -0.2) is 4.79 Å². The Morgan fingerprint density at radius 1 is 1.23 bits per heavy atom. The third kappa shape index (κ3) is 4.87. The molecule has 0 heterocycles. The van der Waals surface area contributed by atoms with E-state index in [1.807, 2.05) is 6.92 Å². The van der Waals surface area contributed by atoms with E-state index in [0.29, 0.717) is 6.42 Å². The lowest BCUT2D eigenvalue weighted by molar-refractivity contribution is -0.641. The van der Waals surface area contributed by atoms with Crippen LogP contribution in [-0.2, 0) is 4.79 Å². The molecular weight excluding hydrogens is 340 g/mol. The number of nitro groups is 2. The van der Waals surface area contributed by atoms with Gasteiger partial charge in [0.2, 0.25) is 0 Å². The van der Waals surface area contributed by atoms with Crippen molar-refractivity contribution in [2.24, 2.45) is 0 Å². The summed E-state index contributed by atoms with van der Waals surface area (Å²) >= 11 is 0. The van der Waals surface area contributed by atoms with Crippen LogP contribution in [0, 0.1) is 20.2 Å². The Hall–Kier alpha value is -2.77. The van der Waals surface area contributed by atoms with Crippen molar-refractivity contribution in [3.63, 3.8) is 0 Å². The summed E-state index contributed by atoms with van der Waals surface area (Å²) < 4.78 is 5.19. The van der Waals surface area contributed by atoms with Crippen LogP contribution in [0.5, 0.6) is 5.75 Å². The first kappa shape index (κ1) is 21.3. The first-order chi connectivity index (χ1) is 12.3. The summed E-state index contributed by atoms with van der Waals surface area (Å²) in [5, 5.41) is 23.4. The van der Waals surface area contributed by atoms with E-state index in [1.165, 1.54) is 25.1 Å². The van der Waals surface area contributed by atoms with Crippen LogP contribution < -0.4 is 4.74 Å². The van der Waals surface area contributed by atoms with Gasteiger partial charge in [0.25, 0.3) is 6.04 Å². The highest BCUT2D eigenvalue weighted by atomic mass is 16.6. The van der Waals surface area contributed by atoms with Crippen LogP contribution >= 0.6 is 0 Å². The molecule has 1 aromatic rings. The number of para-hydroxylation sites is 1. The number of unbranched alkanes of at least 4 members (excludes halogenated alkanes) is 2. The molecule has 1 aromatic carbocycles. The number of rotatable bonds is 10. The maximum Gasteiger partial charge on any atom is 0.346 e. The predicted molar refractivity (Wildman–Crippen MR) is 96.2 cm³/mol. The number of hydrogen-bond acceptors (Lipinski definition) is 6.